The van der Waals surface area contributed by atoms with Crippen molar-refractivity contribution in [3.63, 3.8) is 0 Å². The molecular formula is C26H33N3O3. The van der Waals surface area contributed by atoms with Crippen molar-refractivity contribution in [2.45, 2.75) is 45.4 Å². The number of carbonyl (C=O) groups excluding carboxylic acids is 1. The van der Waals surface area contributed by atoms with E-state index in [1.165, 1.54) is 43.4 Å². The Morgan fingerprint density at radius 2 is 1.69 bits per heavy atom. The molecule has 2 aromatic carbocycles. The Bertz CT molecular complexity index is 1030. The van der Waals surface area contributed by atoms with Gasteiger partial charge in [0.05, 0.1) is 31.3 Å². The molecule has 1 saturated carbocycles. The predicted octanol–water partition coefficient (Wildman–Crippen LogP) is 5.54. The van der Waals surface area contributed by atoms with Crippen molar-refractivity contribution in [1.82, 2.24) is 0 Å². The second-order valence-electron chi connectivity index (χ2n) is 9.01. The number of benzene rings is 2. The van der Waals surface area contributed by atoms with Gasteiger partial charge in [-0.3, -0.25) is 9.79 Å². The third-order valence-corrected chi connectivity index (χ3v) is 6.52. The minimum atomic E-state index is -0.267. The Labute approximate surface area is 190 Å². The molecule has 32 heavy (non-hydrogen) atoms. The highest BCUT2D eigenvalue weighted by Gasteiger charge is 2.27. The number of hydrogen-bond donors (Lipinski definition) is 1. The van der Waals surface area contributed by atoms with Crippen LogP contribution >= 0.6 is 0 Å². The van der Waals surface area contributed by atoms with Crippen LogP contribution in [0.1, 0.15) is 53.6 Å². The number of nitrogens with one attached hydrogen (secondary N) is 1. The van der Waals surface area contributed by atoms with Gasteiger partial charge in [0.15, 0.2) is 0 Å². The normalized spacial score (nSPS) is 15.7. The summed E-state index contributed by atoms with van der Waals surface area (Å²) in [5.74, 6) is 1.31. The van der Waals surface area contributed by atoms with Gasteiger partial charge in [0.2, 0.25) is 0 Å². The lowest BCUT2D eigenvalue weighted by Crippen LogP contribution is -2.19. The number of aryl methyl sites for hydroxylation is 1. The fraction of sp³-hybridized carbons (Fsp3) is 0.462. The van der Waals surface area contributed by atoms with E-state index in [2.05, 4.69) is 11.4 Å². The minimum absolute atomic E-state index is 0.267. The summed E-state index contributed by atoms with van der Waals surface area (Å²) < 4.78 is 11.0. The summed E-state index contributed by atoms with van der Waals surface area (Å²) in [6, 6.07) is 7.85. The minimum Gasteiger partial charge on any atom is -0.496 e. The van der Waals surface area contributed by atoms with Crippen LogP contribution in [0.15, 0.2) is 29.3 Å². The molecule has 0 unspecified atom stereocenters. The molecule has 1 fully saturated rings. The lowest BCUT2D eigenvalue weighted by Gasteiger charge is -2.21. The average molecular weight is 436 g/mol. The van der Waals surface area contributed by atoms with Crippen LogP contribution in [-0.4, -0.2) is 39.9 Å². The van der Waals surface area contributed by atoms with Gasteiger partial charge in [-0.15, -0.1) is 0 Å². The van der Waals surface area contributed by atoms with Gasteiger partial charge in [-0.2, -0.15) is 0 Å². The van der Waals surface area contributed by atoms with Crippen LogP contribution in [0.4, 0.5) is 17.1 Å². The number of amides is 1. The number of hydrogen-bond acceptors (Lipinski definition) is 5. The van der Waals surface area contributed by atoms with Crippen LogP contribution in [-0.2, 0) is 6.42 Å². The molecule has 0 spiro atoms. The number of carbonyl (C=O) groups is 1. The first-order valence-corrected chi connectivity index (χ1v) is 11.4. The van der Waals surface area contributed by atoms with Gasteiger partial charge in [0.25, 0.3) is 5.91 Å². The first kappa shape index (κ1) is 22.2. The van der Waals surface area contributed by atoms with E-state index in [9.17, 15) is 4.79 Å². The average Bonchev–Trinajstić information content (AvgIpc) is 3.21. The molecule has 0 aromatic heterocycles. The van der Waals surface area contributed by atoms with Crippen molar-refractivity contribution < 1.29 is 14.3 Å². The molecule has 2 aliphatic rings. The summed E-state index contributed by atoms with van der Waals surface area (Å²) >= 11 is 0. The third kappa shape index (κ3) is 4.31. The van der Waals surface area contributed by atoms with E-state index in [-0.39, 0.29) is 5.91 Å². The molecule has 0 atom stereocenters. The third-order valence-electron chi connectivity index (χ3n) is 6.52. The zero-order chi connectivity index (χ0) is 22.8. The lowest BCUT2D eigenvalue weighted by atomic mass is 9.84. The van der Waals surface area contributed by atoms with E-state index in [1.807, 2.05) is 44.1 Å². The zero-order valence-corrected chi connectivity index (χ0v) is 19.7. The summed E-state index contributed by atoms with van der Waals surface area (Å²) in [7, 11) is 7.10. The Morgan fingerprint density at radius 3 is 2.28 bits per heavy atom. The van der Waals surface area contributed by atoms with Crippen molar-refractivity contribution in [3.8, 4) is 11.5 Å². The molecule has 0 radical (unpaired) electrons. The Morgan fingerprint density at radius 1 is 1.03 bits per heavy atom. The fourth-order valence-electron chi connectivity index (χ4n) is 4.85. The SMILES string of the molecule is COc1cc(C)cc(OC)c1C(=O)Nc1cc2c(cc1N(C)C)CC(C1CCCCC1)=N2. The van der Waals surface area contributed by atoms with Gasteiger partial charge in [0.1, 0.15) is 17.1 Å². The van der Waals surface area contributed by atoms with Gasteiger partial charge >= 0.3 is 0 Å². The Kier molecular flexibility index (Phi) is 6.40. The van der Waals surface area contributed by atoms with Gasteiger partial charge in [0, 0.05) is 26.2 Å². The van der Waals surface area contributed by atoms with Crippen LogP contribution in [0, 0.1) is 12.8 Å². The summed E-state index contributed by atoms with van der Waals surface area (Å²) in [5, 5.41) is 3.09. The molecule has 1 amide bonds. The molecule has 1 N–H and O–H groups in total. The number of rotatable bonds is 6. The first-order valence-electron chi connectivity index (χ1n) is 11.4. The standard InChI is InChI=1S/C26H33N3O3/c1-16-11-23(31-4)25(24(12-16)32-5)26(30)28-21-15-20-18(14-22(21)29(2)3)13-19(27-20)17-9-7-6-8-10-17/h11-12,14-15,17H,6-10,13H2,1-5H3,(H,28,30). The number of ether oxygens (including phenoxy) is 2. The molecule has 6 heteroatoms. The second-order valence-corrected chi connectivity index (χ2v) is 9.01. The van der Waals surface area contributed by atoms with Gasteiger partial charge in [-0.25, -0.2) is 0 Å². The first-order chi connectivity index (χ1) is 15.4. The maximum atomic E-state index is 13.3. The molecule has 1 heterocycles. The highest BCUT2D eigenvalue weighted by Crippen LogP contribution is 2.40. The van der Waals surface area contributed by atoms with Crippen molar-refractivity contribution in [3.05, 3.63) is 41.0 Å². The van der Waals surface area contributed by atoms with Crippen molar-refractivity contribution in [1.29, 1.82) is 0 Å². The van der Waals surface area contributed by atoms with E-state index in [1.54, 1.807) is 14.2 Å². The van der Waals surface area contributed by atoms with E-state index in [0.29, 0.717) is 23.0 Å². The number of anilines is 2. The van der Waals surface area contributed by atoms with E-state index in [0.717, 1.165) is 29.0 Å². The molecule has 2 aromatic rings. The summed E-state index contributed by atoms with van der Waals surface area (Å²) in [4.78, 5) is 20.4. The molecule has 0 bridgehead atoms. The predicted molar refractivity (Wildman–Crippen MR) is 130 cm³/mol. The van der Waals surface area contributed by atoms with Crippen LogP contribution in [0.2, 0.25) is 0 Å². The summed E-state index contributed by atoms with van der Waals surface area (Å²) in [6.45, 7) is 1.94. The number of aliphatic imine (C=N–C) groups is 1. The van der Waals surface area contributed by atoms with Gasteiger partial charge < -0.3 is 19.7 Å². The smallest absolute Gasteiger partial charge is 0.263 e. The molecule has 1 aliphatic heterocycles. The van der Waals surface area contributed by atoms with Crippen molar-refractivity contribution in [2.24, 2.45) is 10.9 Å². The maximum Gasteiger partial charge on any atom is 0.263 e. The monoisotopic (exact) mass is 435 g/mol. The second kappa shape index (κ2) is 9.23. The molecule has 4 rings (SSSR count). The number of nitrogens with zero attached hydrogens (tertiary/aromatic N) is 2. The maximum absolute atomic E-state index is 13.3. The largest absolute Gasteiger partial charge is 0.496 e. The molecule has 6 nitrogen and oxygen atoms in total. The number of fused-ring (bicyclic) bond motifs is 1. The summed E-state index contributed by atoms with van der Waals surface area (Å²) in [5.41, 5.74) is 6.55. The van der Waals surface area contributed by atoms with Crippen molar-refractivity contribution >= 4 is 28.7 Å². The Hall–Kier alpha value is -3.02. The summed E-state index contributed by atoms with van der Waals surface area (Å²) in [6.07, 6.45) is 7.32. The molecule has 0 saturated heterocycles. The van der Waals surface area contributed by atoms with Gasteiger partial charge in [-0.05, 0) is 61.1 Å². The Balaban J connectivity index is 1.67. The van der Waals surface area contributed by atoms with E-state index >= 15 is 0 Å². The van der Waals surface area contributed by atoms with Crippen LogP contribution in [0.5, 0.6) is 11.5 Å². The highest BCUT2D eigenvalue weighted by molar-refractivity contribution is 6.10. The number of methoxy groups -OCH3 is 2. The van der Waals surface area contributed by atoms with Gasteiger partial charge in [-0.1, -0.05) is 19.3 Å². The van der Waals surface area contributed by atoms with Crippen LogP contribution in [0.3, 0.4) is 0 Å². The van der Waals surface area contributed by atoms with Crippen molar-refractivity contribution in [2.75, 3.05) is 38.5 Å². The quantitative estimate of drug-likeness (QED) is 0.647. The van der Waals surface area contributed by atoms with E-state index in [4.69, 9.17) is 14.5 Å². The zero-order valence-electron chi connectivity index (χ0n) is 19.7. The lowest BCUT2D eigenvalue weighted by molar-refractivity contribution is 0.102. The molecule has 170 valence electrons. The molecule has 1 aliphatic carbocycles. The molecular weight excluding hydrogens is 402 g/mol. The van der Waals surface area contributed by atoms with Crippen LogP contribution in [0.25, 0.3) is 0 Å². The fourth-order valence-corrected chi connectivity index (χ4v) is 4.85. The van der Waals surface area contributed by atoms with E-state index < -0.39 is 0 Å². The topological polar surface area (TPSA) is 63.2 Å². The highest BCUT2D eigenvalue weighted by atomic mass is 16.5. The van der Waals surface area contributed by atoms with Crippen LogP contribution < -0.4 is 19.7 Å².